The zero-order chi connectivity index (χ0) is 18.8. The van der Waals surface area contributed by atoms with Crippen LogP contribution >= 0.6 is 0 Å². The summed E-state index contributed by atoms with van der Waals surface area (Å²) >= 11 is 0. The number of hydrogen-bond acceptors (Lipinski definition) is 3. The van der Waals surface area contributed by atoms with Crippen LogP contribution in [-0.4, -0.2) is 25.5 Å². The lowest BCUT2D eigenvalue weighted by Crippen LogP contribution is -2.33. The van der Waals surface area contributed by atoms with Gasteiger partial charge in [0.05, 0.1) is 19.6 Å². The van der Waals surface area contributed by atoms with E-state index < -0.39 is 0 Å². The number of ether oxygens (including phenoxy) is 1. The van der Waals surface area contributed by atoms with E-state index in [0.29, 0.717) is 6.54 Å². The Hall–Kier alpha value is -2.82. The monoisotopic (exact) mass is 354 g/mol. The Morgan fingerprint density at radius 3 is 2.35 bits per heavy atom. The molecule has 2 N–H and O–H groups in total. The Labute approximate surface area is 154 Å². The van der Waals surface area contributed by atoms with Crippen LogP contribution in [0.3, 0.4) is 0 Å². The molecule has 0 aliphatic carbocycles. The van der Waals surface area contributed by atoms with Gasteiger partial charge >= 0.3 is 0 Å². The third-order valence-corrected chi connectivity index (χ3v) is 4.09. The molecule has 2 aromatic carbocycles. The van der Waals surface area contributed by atoms with E-state index in [-0.39, 0.29) is 24.3 Å². The molecular formula is C21H26N2O3. The molecule has 0 saturated heterocycles. The highest BCUT2D eigenvalue weighted by Gasteiger charge is 2.17. The highest BCUT2D eigenvalue weighted by molar-refractivity contribution is 5.79. The number of hydrogen-bond donors (Lipinski definition) is 2. The lowest BCUT2D eigenvalue weighted by Gasteiger charge is -2.18. The summed E-state index contributed by atoms with van der Waals surface area (Å²) in [4.78, 5) is 23.7. The summed E-state index contributed by atoms with van der Waals surface area (Å²) in [6, 6.07) is 17.2. The predicted octanol–water partition coefficient (Wildman–Crippen LogP) is 3.01. The van der Waals surface area contributed by atoms with Gasteiger partial charge in [-0.15, -0.1) is 0 Å². The van der Waals surface area contributed by atoms with Crippen LogP contribution < -0.4 is 15.4 Å². The van der Waals surface area contributed by atoms with E-state index in [1.807, 2.05) is 42.5 Å². The summed E-state index contributed by atoms with van der Waals surface area (Å²) in [5.74, 6) is 0.496. The first-order chi connectivity index (χ1) is 12.6. The number of carbonyl (C=O) groups excluding carboxylic acids is 2. The molecule has 2 rings (SSSR count). The summed E-state index contributed by atoms with van der Waals surface area (Å²) in [5, 5.41) is 5.77. The van der Waals surface area contributed by atoms with Crippen molar-refractivity contribution in [3.8, 4) is 5.75 Å². The Balaban J connectivity index is 1.84. The number of carbonyl (C=O) groups is 2. The Morgan fingerprint density at radius 1 is 1.04 bits per heavy atom. The summed E-state index contributed by atoms with van der Waals surface area (Å²) in [6.07, 6.45) is 2.01. The van der Waals surface area contributed by atoms with Crippen molar-refractivity contribution in [1.82, 2.24) is 10.6 Å². The van der Waals surface area contributed by atoms with Gasteiger partial charge in [-0.2, -0.15) is 0 Å². The van der Waals surface area contributed by atoms with Crippen LogP contribution in [0.1, 0.15) is 36.9 Å². The third-order valence-electron chi connectivity index (χ3n) is 4.09. The molecular weight excluding hydrogens is 328 g/mol. The first-order valence-electron chi connectivity index (χ1n) is 8.80. The van der Waals surface area contributed by atoms with Crippen LogP contribution in [0.4, 0.5) is 0 Å². The molecule has 2 amide bonds. The van der Waals surface area contributed by atoms with Gasteiger partial charge in [0.1, 0.15) is 5.75 Å². The SMILES string of the molecule is COc1ccc(C(CC(=O)NCCCc2ccccc2)NC(C)=O)cc1. The van der Waals surface area contributed by atoms with Crippen molar-refractivity contribution in [3.05, 3.63) is 65.7 Å². The molecule has 26 heavy (non-hydrogen) atoms. The van der Waals surface area contributed by atoms with E-state index in [9.17, 15) is 9.59 Å². The number of methoxy groups -OCH3 is 1. The van der Waals surface area contributed by atoms with Crippen LogP contribution in [0.2, 0.25) is 0 Å². The number of aryl methyl sites for hydroxylation is 1. The fraction of sp³-hybridized carbons (Fsp3) is 0.333. The highest BCUT2D eigenvalue weighted by Crippen LogP contribution is 2.20. The molecule has 138 valence electrons. The minimum Gasteiger partial charge on any atom is -0.497 e. The van der Waals surface area contributed by atoms with Crippen molar-refractivity contribution in [3.63, 3.8) is 0 Å². The fourth-order valence-electron chi connectivity index (χ4n) is 2.76. The maximum atomic E-state index is 12.3. The number of rotatable bonds is 9. The van der Waals surface area contributed by atoms with Crippen molar-refractivity contribution in [1.29, 1.82) is 0 Å². The second kappa shape index (κ2) is 10.2. The molecule has 0 fully saturated rings. The zero-order valence-electron chi connectivity index (χ0n) is 15.3. The molecule has 1 unspecified atom stereocenters. The summed E-state index contributed by atoms with van der Waals surface area (Å²) in [5.41, 5.74) is 2.14. The molecule has 0 aliphatic heterocycles. The second-order valence-corrected chi connectivity index (χ2v) is 6.17. The Bertz CT molecular complexity index is 699. The van der Waals surface area contributed by atoms with E-state index in [1.54, 1.807) is 7.11 Å². The van der Waals surface area contributed by atoms with Crippen LogP contribution in [-0.2, 0) is 16.0 Å². The van der Waals surface area contributed by atoms with Gasteiger partial charge in [-0.3, -0.25) is 9.59 Å². The lowest BCUT2D eigenvalue weighted by molar-refractivity contribution is -0.122. The summed E-state index contributed by atoms with van der Waals surface area (Å²) in [7, 11) is 1.60. The van der Waals surface area contributed by atoms with Crippen molar-refractivity contribution >= 4 is 11.8 Å². The van der Waals surface area contributed by atoms with Crippen LogP contribution in [0.15, 0.2) is 54.6 Å². The van der Waals surface area contributed by atoms with Gasteiger partial charge in [-0.05, 0) is 36.1 Å². The molecule has 0 aliphatic rings. The van der Waals surface area contributed by atoms with Crippen molar-refractivity contribution < 1.29 is 14.3 Å². The first kappa shape index (κ1) is 19.5. The molecule has 0 heterocycles. The Morgan fingerprint density at radius 2 is 1.73 bits per heavy atom. The summed E-state index contributed by atoms with van der Waals surface area (Å²) < 4.78 is 5.15. The Kier molecular flexibility index (Phi) is 7.68. The highest BCUT2D eigenvalue weighted by atomic mass is 16.5. The maximum Gasteiger partial charge on any atom is 0.222 e. The normalized spacial score (nSPS) is 11.5. The quantitative estimate of drug-likeness (QED) is 0.680. The maximum absolute atomic E-state index is 12.3. The molecule has 0 saturated carbocycles. The molecule has 0 aromatic heterocycles. The van der Waals surface area contributed by atoms with Gasteiger partial charge in [0.15, 0.2) is 0 Å². The van der Waals surface area contributed by atoms with Crippen molar-refractivity contribution in [2.45, 2.75) is 32.2 Å². The second-order valence-electron chi connectivity index (χ2n) is 6.17. The van der Waals surface area contributed by atoms with Gasteiger partial charge in [0, 0.05) is 13.5 Å². The zero-order valence-corrected chi connectivity index (χ0v) is 15.3. The lowest BCUT2D eigenvalue weighted by atomic mass is 10.0. The van der Waals surface area contributed by atoms with E-state index in [1.165, 1.54) is 12.5 Å². The van der Waals surface area contributed by atoms with Gasteiger partial charge < -0.3 is 15.4 Å². The van der Waals surface area contributed by atoms with Gasteiger partial charge in [0.25, 0.3) is 0 Å². The fourth-order valence-corrected chi connectivity index (χ4v) is 2.76. The molecule has 1 atom stereocenters. The van der Waals surface area contributed by atoms with Gasteiger partial charge in [0.2, 0.25) is 11.8 Å². The minimum absolute atomic E-state index is 0.0763. The average Bonchev–Trinajstić information content (AvgIpc) is 2.65. The molecule has 0 bridgehead atoms. The van der Waals surface area contributed by atoms with Crippen LogP contribution in [0.5, 0.6) is 5.75 Å². The van der Waals surface area contributed by atoms with Gasteiger partial charge in [-0.25, -0.2) is 0 Å². The standard InChI is InChI=1S/C21H26N2O3/c1-16(24)23-20(18-10-12-19(26-2)13-11-18)15-21(25)22-14-6-9-17-7-4-3-5-8-17/h3-5,7-8,10-13,20H,6,9,14-15H2,1-2H3,(H,22,25)(H,23,24). The predicted molar refractivity (Wildman–Crippen MR) is 102 cm³/mol. The molecule has 0 spiro atoms. The molecule has 0 radical (unpaired) electrons. The topological polar surface area (TPSA) is 67.4 Å². The third kappa shape index (κ3) is 6.59. The van der Waals surface area contributed by atoms with Crippen LogP contribution in [0, 0.1) is 0 Å². The number of benzene rings is 2. The minimum atomic E-state index is -0.354. The summed E-state index contributed by atoms with van der Waals surface area (Å²) in [6.45, 7) is 2.07. The number of nitrogens with one attached hydrogen (secondary N) is 2. The first-order valence-corrected chi connectivity index (χ1v) is 8.80. The molecule has 2 aromatic rings. The van der Waals surface area contributed by atoms with E-state index >= 15 is 0 Å². The smallest absolute Gasteiger partial charge is 0.222 e. The van der Waals surface area contributed by atoms with Crippen molar-refractivity contribution in [2.24, 2.45) is 0 Å². The van der Waals surface area contributed by atoms with E-state index in [4.69, 9.17) is 4.74 Å². The van der Waals surface area contributed by atoms with E-state index in [0.717, 1.165) is 24.2 Å². The van der Waals surface area contributed by atoms with Crippen molar-refractivity contribution in [2.75, 3.05) is 13.7 Å². The molecule has 5 nitrogen and oxygen atoms in total. The largest absolute Gasteiger partial charge is 0.497 e. The van der Waals surface area contributed by atoms with E-state index in [2.05, 4.69) is 22.8 Å². The van der Waals surface area contributed by atoms with Crippen LogP contribution in [0.25, 0.3) is 0 Å². The van der Waals surface area contributed by atoms with Gasteiger partial charge in [-0.1, -0.05) is 42.5 Å². The number of amides is 2. The average molecular weight is 354 g/mol. The molecule has 5 heteroatoms.